The minimum absolute atomic E-state index is 0.189. The van der Waals surface area contributed by atoms with Gasteiger partial charge in [-0.15, -0.1) is 0 Å². The molecular weight excluding hydrogens is 355 g/mol. The zero-order valence-electron chi connectivity index (χ0n) is 15.2. The van der Waals surface area contributed by atoms with Gasteiger partial charge in [0.2, 0.25) is 0 Å². The largest absolute Gasteiger partial charge is 0.489 e. The summed E-state index contributed by atoms with van der Waals surface area (Å²) in [6.07, 6.45) is -1.59. The lowest BCUT2D eigenvalue weighted by Crippen LogP contribution is -2.36. The van der Waals surface area contributed by atoms with Gasteiger partial charge in [0.1, 0.15) is 12.4 Å². The molecule has 0 saturated heterocycles. The van der Waals surface area contributed by atoms with Crippen molar-refractivity contribution in [2.75, 3.05) is 6.54 Å². The molecule has 1 amide bonds. The van der Waals surface area contributed by atoms with Gasteiger partial charge in [0.15, 0.2) is 0 Å². The number of ether oxygens (including phenoxy) is 1. The van der Waals surface area contributed by atoms with Gasteiger partial charge in [-0.3, -0.25) is 4.79 Å². The summed E-state index contributed by atoms with van der Waals surface area (Å²) >= 11 is 0. The van der Waals surface area contributed by atoms with E-state index in [9.17, 15) is 18.0 Å². The number of carbonyl (C=O) groups excluding carboxylic acids is 1. The minimum atomic E-state index is -4.87. The Balaban J connectivity index is 1.97. The molecule has 0 spiro atoms. The van der Waals surface area contributed by atoms with E-state index in [1.807, 2.05) is 73.8 Å². The van der Waals surface area contributed by atoms with Crippen LogP contribution in [0.5, 0.6) is 5.75 Å². The molecule has 0 atom stereocenters. The molecule has 1 N–H and O–H groups in total. The number of benzene rings is 2. The summed E-state index contributed by atoms with van der Waals surface area (Å²) in [6, 6.07) is 17.3. The predicted octanol–water partition coefficient (Wildman–Crippen LogP) is 4.78. The predicted molar refractivity (Wildman–Crippen MR) is 98.4 cm³/mol. The second kappa shape index (κ2) is 8.75. The molecule has 0 bridgehead atoms. The van der Waals surface area contributed by atoms with Crippen LogP contribution >= 0.6 is 0 Å². The third kappa shape index (κ3) is 6.47. The first-order chi connectivity index (χ1) is 12.7. The molecule has 3 nitrogen and oxygen atoms in total. The van der Waals surface area contributed by atoms with Crippen molar-refractivity contribution in [1.29, 1.82) is 0 Å². The van der Waals surface area contributed by atoms with Crippen LogP contribution in [0.25, 0.3) is 0 Å². The third-order valence-corrected chi connectivity index (χ3v) is 4.00. The Bertz CT molecular complexity index is 784. The average molecular weight is 377 g/mol. The molecule has 0 aliphatic carbocycles. The fraction of sp³-hybridized carbons (Fsp3) is 0.286. The summed E-state index contributed by atoms with van der Waals surface area (Å²) in [5, 5.41) is 1.82. The molecule has 0 saturated carbocycles. The Kier molecular flexibility index (Phi) is 6.66. The number of allylic oxidation sites excluding steroid dienone is 1. The van der Waals surface area contributed by atoms with Crippen LogP contribution < -0.4 is 10.1 Å². The summed E-state index contributed by atoms with van der Waals surface area (Å²) in [4.78, 5) is 10.8. The molecule has 2 aromatic rings. The smallest absolute Gasteiger partial charge is 0.471 e. The Hall–Kier alpha value is -2.76. The summed E-state index contributed by atoms with van der Waals surface area (Å²) < 4.78 is 42.3. The van der Waals surface area contributed by atoms with E-state index in [0.29, 0.717) is 12.4 Å². The highest BCUT2D eigenvalue weighted by molar-refractivity contribution is 5.81. The average Bonchev–Trinajstić information content (AvgIpc) is 2.64. The number of alkyl halides is 3. The third-order valence-electron chi connectivity index (χ3n) is 4.00. The summed E-state index contributed by atoms with van der Waals surface area (Å²) in [6.45, 7) is 4.13. The normalized spacial score (nSPS) is 12.2. The molecule has 2 rings (SSSR count). The first kappa shape index (κ1) is 20.6. The molecule has 0 aromatic heterocycles. The van der Waals surface area contributed by atoms with Crippen LogP contribution in [-0.2, 0) is 16.8 Å². The van der Waals surface area contributed by atoms with Crippen LogP contribution in [-0.4, -0.2) is 18.6 Å². The highest BCUT2D eigenvalue weighted by atomic mass is 19.4. The summed E-state index contributed by atoms with van der Waals surface area (Å²) in [7, 11) is 0. The van der Waals surface area contributed by atoms with Gasteiger partial charge in [0.25, 0.3) is 0 Å². The van der Waals surface area contributed by atoms with Crippen molar-refractivity contribution in [1.82, 2.24) is 5.32 Å². The zero-order valence-corrected chi connectivity index (χ0v) is 15.2. The van der Waals surface area contributed by atoms with Gasteiger partial charge in [-0.1, -0.05) is 68.5 Å². The van der Waals surface area contributed by atoms with Gasteiger partial charge < -0.3 is 10.1 Å². The van der Waals surface area contributed by atoms with Gasteiger partial charge in [-0.05, 0) is 23.3 Å². The molecule has 144 valence electrons. The van der Waals surface area contributed by atoms with Crippen LogP contribution in [0, 0.1) is 0 Å². The fourth-order valence-electron chi connectivity index (χ4n) is 2.43. The quantitative estimate of drug-likeness (QED) is 0.706. The molecule has 2 aromatic carbocycles. The van der Waals surface area contributed by atoms with Gasteiger partial charge in [-0.25, -0.2) is 0 Å². The van der Waals surface area contributed by atoms with Gasteiger partial charge >= 0.3 is 12.1 Å². The Morgan fingerprint density at radius 3 is 2.44 bits per heavy atom. The molecular formula is C21H22F3NO2. The van der Waals surface area contributed by atoms with Crippen LogP contribution in [0.1, 0.15) is 25.0 Å². The number of carbonyl (C=O) groups is 1. The van der Waals surface area contributed by atoms with Crippen molar-refractivity contribution in [2.45, 2.75) is 32.0 Å². The Morgan fingerprint density at radius 1 is 1.07 bits per heavy atom. The van der Waals surface area contributed by atoms with E-state index in [1.54, 1.807) is 6.08 Å². The number of hydrogen-bond acceptors (Lipinski definition) is 2. The van der Waals surface area contributed by atoms with Crippen LogP contribution in [0.2, 0.25) is 0 Å². The number of hydrogen-bond donors (Lipinski definition) is 1. The van der Waals surface area contributed by atoms with Gasteiger partial charge in [-0.2, -0.15) is 13.2 Å². The van der Waals surface area contributed by atoms with Crippen molar-refractivity contribution >= 4 is 5.91 Å². The molecule has 27 heavy (non-hydrogen) atoms. The molecule has 0 unspecified atom stereocenters. The Labute approximate surface area is 156 Å². The second-order valence-electron chi connectivity index (χ2n) is 6.63. The summed E-state index contributed by atoms with van der Waals surface area (Å²) in [5.41, 5.74) is 1.57. The maximum absolute atomic E-state index is 12.2. The first-order valence-electron chi connectivity index (χ1n) is 8.48. The van der Waals surface area contributed by atoms with Crippen LogP contribution in [0.4, 0.5) is 13.2 Å². The second-order valence-corrected chi connectivity index (χ2v) is 6.63. The van der Waals surface area contributed by atoms with E-state index in [0.717, 1.165) is 11.1 Å². The number of rotatable bonds is 7. The SMILES string of the molecule is CC(C)(/C=C/CNC(=O)C(F)(F)F)c1cccc(OCc2ccccc2)c1. The van der Waals surface area contributed by atoms with E-state index in [4.69, 9.17) is 4.74 Å². The molecule has 0 aliphatic heterocycles. The highest BCUT2D eigenvalue weighted by Gasteiger charge is 2.38. The van der Waals surface area contributed by atoms with Crippen LogP contribution in [0.15, 0.2) is 66.7 Å². The topological polar surface area (TPSA) is 38.3 Å². The van der Waals surface area contributed by atoms with Crippen LogP contribution in [0.3, 0.4) is 0 Å². The van der Waals surface area contributed by atoms with E-state index >= 15 is 0 Å². The number of amides is 1. The lowest BCUT2D eigenvalue weighted by molar-refractivity contribution is -0.173. The zero-order chi connectivity index (χ0) is 19.9. The summed E-state index contributed by atoms with van der Waals surface area (Å²) in [5.74, 6) is -1.23. The maximum Gasteiger partial charge on any atom is 0.471 e. The van der Waals surface area contributed by atoms with E-state index in [1.165, 1.54) is 6.08 Å². The lowest BCUT2D eigenvalue weighted by Gasteiger charge is -2.22. The number of halogens is 3. The van der Waals surface area contributed by atoms with Crippen molar-refractivity contribution in [3.8, 4) is 5.75 Å². The lowest BCUT2D eigenvalue weighted by atomic mass is 9.84. The highest BCUT2D eigenvalue weighted by Crippen LogP contribution is 2.28. The van der Waals surface area contributed by atoms with Crippen molar-refractivity contribution in [2.24, 2.45) is 0 Å². The first-order valence-corrected chi connectivity index (χ1v) is 8.48. The van der Waals surface area contributed by atoms with Gasteiger partial charge in [0, 0.05) is 12.0 Å². The maximum atomic E-state index is 12.2. The molecule has 0 radical (unpaired) electrons. The van der Waals surface area contributed by atoms with Crippen molar-refractivity contribution in [3.63, 3.8) is 0 Å². The minimum Gasteiger partial charge on any atom is -0.489 e. The van der Waals surface area contributed by atoms with E-state index < -0.39 is 17.5 Å². The standard InChI is InChI=1S/C21H22F3NO2/c1-20(2,12-7-13-25-19(26)21(22,23)24)17-10-6-11-18(14-17)27-15-16-8-4-3-5-9-16/h3-12,14H,13,15H2,1-2H3,(H,25,26)/b12-7+. The molecule has 0 heterocycles. The molecule has 0 fully saturated rings. The number of nitrogens with one attached hydrogen (secondary N) is 1. The van der Waals surface area contributed by atoms with E-state index in [2.05, 4.69) is 0 Å². The fourth-order valence-corrected chi connectivity index (χ4v) is 2.43. The Morgan fingerprint density at radius 2 is 1.78 bits per heavy atom. The van der Waals surface area contributed by atoms with Gasteiger partial charge in [0.05, 0.1) is 0 Å². The van der Waals surface area contributed by atoms with Crippen molar-refractivity contribution < 1.29 is 22.7 Å². The van der Waals surface area contributed by atoms with Crippen molar-refractivity contribution in [3.05, 3.63) is 77.9 Å². The molecule has 0 aliphatic rings. The van der Waals surface area contributed by atoms with E-state index in [-0.39, 0.29) is 6.54 Å². The monoisotopic (exact) mass is 377 g/mol. The molecule has 6 heteroatoms.